The van der Waals surface area contributed by atoms with Crippen molar-refractivity contribution < 1.29 is 40.2 Å². The lowest BCUT2D eigenvalue weighted by Crippen LogP contribution is -2.33. The van der Waals surface area contributed by atoms with Gasteiger partial charge in [0.15, 0.2) is 29.1 Å². The predicted molar refractivity (Wildman–Crippen MR) is 146 cm³/mol. The van der Waals surface area contributed by atoms with Gasteiger partial charge in [-0.3, -0.25) is 0 Å². The summed E-state index contributed by atoms with van der Waals surface area (Å²) in [6, 6.07) is 10.2. The molecule has 1 aliphatic heterocycles. The minimum atomic E-state index is -1.46. The molecule has 1 aliphatic carbocycles. The second-order valence-electron chi connectivity index (χ2n) is 11.1. The summed E-state index contributed by atoms with van der Waals surface area (Å²) < 4.78 is 110. The van der Waals surface area contributed by atoms with Crippen molar-refractivity contribution >= 4 is 5.83 Å². The van der Waals surface area contributed by atoms with Crippen LogP contribution in [0.4, 0.5) is 30.7 Å². The van der Waals surface area contributed by atoms with Crippen LogP contribution >= 0.6 is 0 Å². The molecule has 2 aliphatic rings. The zero-order valence-corrected chi connectivity index (χ0v) is 23.0. The summed E-state index contributed by atoms with van der Waals surface area (Å²) in [5.74, 6) is -7.62. The van der Waals surface area contributed by atoms with Gasteiger partial charge in [0.05, 0.1) is 12.7 Å². The third-order valence-electron chi connectivity index (χ3n) is 8.55. The molecule has 2 unspecified atom stereocenters. The lowest BCUT2D eigenvalue weighted by atomic mass is 9.74. The van der Waals surface area contributed by atoms with Crippen molar-refractivity contribution in [3.8, 4) is 11.1 Å². The molecule has 1 heterocycles. The van der Waals surface area contributed by atoms with Crippen LogP contribution in [-0.2, 0) is 9.47 Å². The topological polar surface area (TPSA) is 18.5 Å². The van der Waals surface area contributed by atoms with Gasteiger partial charge in [0, 0.05) is 24.2 Å². The molecule has 0 amide bonds. The SMILES string of the molecule is COC/C(F)=C(\F)c1ccc(-c2cc(F)c(C3CCC(C4CCC(c5cc(F)c(F)c(F)c5)CC4)OC3)c(F)c2)cc1. The van der Waals surface area contributed by atoms with E-state index in [1.807, 2.05) is 0 Å². The molecule has 42 heavy (non-hydrogen) atoms. The van der Waals surface area contributed by atoms with E-state index in [1.165, 1.54) is 43.5 Å². The molecule has 1 saturated carbocycles. The number of hydrogen-bond donors (Lipinski definition) is 0. The summed E-state index contributed by atoms with van der Waals surface area (Å²) in [6.45, 7) is -0.333. The maximum atomic E-state index is 15.2. The van der Waals surface area contributed by atoms with Crippen LogP contribution in [0.25, 0.3) is 17.0 Å². The molecule has 0 spiro atoms. The molecule has 224 valence electrons. The Balaban J connectivity index is 1.19. The first kappa shape index (κ1) is 30.3. The van der Waals surface area contributed by atoms with Gasteiger partial charge in [-0.15, -0.1) is 0 Å². The van der Waals surface area contributed by atoms with Crippen LogP contribution in [0.15, 0.2) is 54.4 Å². The fourth-order valence-electron chi connectivity index (χ4n) is 6.30. The average Bonchev–Trinajstić information content (AvgIpc) is 2.99. The smallest absolute Gasteiger partial charge is 0.194 e. The van der Waals surface area contributed by atoms with Crippen molar-refractivity contribution in [2.45, 2.75) is 56.5 Å². The van der Waals surface area contributed by atoms with Crippen LogP contribution in [0.5, 0.6) is 0 Å². The molecule has 0 aromatic heterocycles. The Morgan fingerprint density at radius 1 is 0.738 bits per heavy atom. The molecule has 2 atom stereocenters. The standard InChI is InChI=1S/C33H31F7O2/c1-41-17-29(38)32(39)21-8-4-19(5-9-21)23-12-25(34)31(26(35)13-23)22-10-11-30(42-16-22)20-6-2-18(3-7-20)24-14-27(36)33(40)28(37)15-24/h4-5,8-9,12-15,18,20,22,30H,2-3,6-7,10-11,16-17H2,1H3/b32-29+. The van der Waals surface area contributed by atoms with Crippen LogP contribution < -0.4 is 0 Å². The number of ether oxygens (including phenoxy) is 2. The van der Waals surface area contributed by atoms with Crippen molar-refractivity contribution in [1.29, 1.82) is 0 Å². The van der Waals surface area contributed by atoms with Gasteiger partial charge in [-0.05, 0) is 91.3 Å². The summed E-state index contributed by atoms with van der Waals surface area (Å²) in [4.78, 5) is 0. The highest BCUT2D eigenvalue weighted by Crippen LogP contribution is 2.42. The largest absolute Gasteiger partial charge is 0.377 e. The van der Waals surface area contributed by atoms with Crippen LogP contribution in [0, 0.1) is 35.0 Å². The third-order valence-corrected chi connectivity index (χ3v) is 8.55. The lowest BCUT2D eigenvalue weighted by Gasteiger charge is -2.38. The molecule has 3 aromatic carbocycles. The van der Waals surface area contributed by atoms with Gasteiger partial charge in [-0.1, -0.05) is 24.3 Å². The van der Waals surface area contributed by atoms with Gasteiger partial charge >= 0.3 is 0 Å². The second-order valence-corrected chi connectivity index (χ2v) is 11.1. The molecule has 0 N–H and O–H groups in total. The number of methoxy groups -OCH3 is 1. The van der Waals surface area contributed by atoms with Crippen LogP contribution in [-0.4, -0.2) is 26.4 Å². The maximum absolute atomic E-state index is 15.2. The van der Waals surface area contributed by atoms with Crippen molar-refractivity contribution in [2.24, 2.45) is 5.92 Å². The lowest BCUT2D eigenvalue weighted by molar-refractivity contribution is -0.0420. The third kappa shape index (κ3) is 6.42. The molecule has 9 heteroatoms. The summed E-state index contributed by atoms with van der Waals surface area (Å²) in [6.07, 6.45) is 4.02. The van der Waals surface area contributed by atoms with E-state index < -0.39 is 53.3 Å². The van der Waals surface area contributed by atoms with E-state index >= 15 is 8.78 Å². The molecule has 5 rings (SSSR count). The first-order chi connectivity index (χ1) is 20.2. The van der Waals surface area contributed by atoms with E-state index in [1.54, 1.807) is 0 Å². The normalized spacial score (nSPS) is 23.5. The predicted octanol–water partition coefficient (Wildman–Crippen LogP) is 9.54. The Bertz CT molecular complexity index is 1390. The van der Waals surface area contributed by atoms with Gasteiger partial charge in [0.1, 0.15) is 18.2 Å². The van der Waals surface area contributed by atoms with Crippen molar-refractivity contribution in [1.82, 2.24) is 0 Å². The Hall–Kier alpha value is -3.17. The Kier molecular flexibility index (Phi) is 9.38. The van der Waals surface area contributed by atoms with E-state index in [0.717, 1.165) is 25.0 Å². The molecule has 3 aromatic rings. The highest BCUT2D eigenvalue weighted by molar-refractivity contribution is 5.69. The highest BCUT2D eigenvalue weighted by Gasteiger charge is 2.34. The van der Waals surface area contributed by atoms with Gasteiger partial charge in [0.25, 0.3) is 0 Å². The first-order valence-electron chi connectivity index (χ1n) is 14.0. The second kappa shape index (κ2) is 13.0. The summed E-state index contributed by atoms with van der Waals surface area (Å²) in [5.41, 5.74) is 1.14. The Morgan fingerprint density at radius 2 is 1.33 bits per heavy atom. The van der Waals surface area contributed by atoms with Crippen molar-refractivity contribution in [2.75, 3.05) is 20.3 Å². The molecular formula is C33H31F7O2. The van der Waals surface area contributed by atoms with E-state index in [0.29, 0.717) is 36.8 Å². The molecule has 2 nitrogen and oxygen atoms in total. The van der Waals surface area contributed by atoms with Gasteiger partial charge < -0.3 is 9.47 Å². The number of hydrogen-bond acceptors (Lipinski definition) is 2. The van der Waals surface area contributed by atoms with E-state index in [-0.39, 0.29) is 41.2 Å². The summed E-state index contributed by atoms with van der Waals surface area (Å²) >= 11 is 0. The number of benzene rings is 3. The van der Waals surface area contributed by atoms with E-state index in [9.17, 15) is 22.0 Å². The molecule has 2 fully saturated rings. The van der Waals surface area contributed by atoms with Gasteiger partial charge in [-0.25, -0.2) is 30.7 Å². The average molecular weight is 593 g/mol. The van der Waals surface area contributed by atoms with E-state index in [2.05, 4.69) is 4.74 Å². The molecule has 0 radical (unpaired) electrons. The van der Waals surface area contributed by atoms with Crippen LogP contribution in [0.3, 0.4) is 0 Å². The van der Waals surface area contributed by atoms with Crippen molar-refractivity contribution in [3.63, 3.8) is 0 Å². The zero-order chi connectivity index (χ0) is 30.0. The number of rotatable bonds is 7. The minimum absolute atomic E-state index is 0.00786. The highest BCUT2D eigenvalue weighted by atomic mass is 19.2. The minimum Gasteiger partial charge on any atom is -0.377 e. The van der Waals surface area contributed by atoms with Gasteiger partial charge in [-0.2, -0.15) is 0 Å². The zero-order valence-electron chi connectivity index (χ0n) is 23.0. The van der Waals surface area contributed by atoms with Crippen LogP contribution in [0.1, 0.15) is 67.1 Å². The molecule has 0 bridgehead atoms. The van der Waals surface area contributed by atoms with E-state index in [4.69, 9.17) is 4.74 Å². The quantitative estimate of drug-likeness (QED) is 0.201. The fraction of sp³-hybridized carbons (Fsp3) is 0.394. The summed E-state index contributed by atoms with van der Waals surface area (Å²) in [5, 5.41) is 0. The fourth-order valence-corrected chi connectivity index (χ4v) is 6.30. The summed E-state index contributed by atoms with van der Waals surface area (Å²) in [7, 11) is 1.25. The Labute approximate surface area is 240 Å². The van der Waals surface area contributed by atoms with Crippen LogP contribution in [0.2, 0.25) is 0 Å². The molecule has 1 saturated heterocycles. The molecular weight excluding hydrogens is 561 g/mol. The Morgan fingerprint density at radius 3 is 1.88 bits per heavy atom. The monoisotopic (exact) mass is 592 g/mol. The maximum Gasteiger partial charge on any atom is 0.194 e. The van der Waals surface area contributed by atoms with Crippen molar-refractivity contribution in [3.05, 3.63) is 100 Å². The van der Waals surface area contributed by atoms with Gasteiger partial charge in [0.2, 0.25) is 0 Å². The first-order valence-corrected chi connectivity index (χ1v) is 14.0. The number of halogens is 7.